The van der Waals surface area contributed by atoms with Crippen LogP contribution in [0.4, 0.5) is 0 Å². The normalized spacial score (nSPS) is 11.2. The average Bonchev–Trinajstić information content (AvgIpc) is 2.77. The van der Waals surface area contributed by atoms with Gasteiger partial charge < -0.3 is 9.73 Å². The molecule has 4 heteroatoms. The number of benzene rings is 1. The van der Waals surface area contributed by atoms with Crippen LogP contribution >= 0.6 is 15.9 Å². The van der Waals surface area contributed by atoms with Gasteiger partial charge >= 0.3 is 0 Å². The van der Waals surface area contributed by atoms with Crippen LogP contribution in [0.1, 0.15) is 25.1 Å². The van der Waals surface area contributed by atoms with Gasteiger partial charge in [-0.1, -0.05) is 41.4 Å². The van der Waals surface area contributed by atoms with Crippen LogP contribution in [0.3, 0.4) is 0 Å². The minimum absolute atomic E-state index is 0.426. The van der Waals surface area contributed by atoms with Crippen molar-refractivity contribution in [1.82, 2.24) is 10.3 Å². The SMILES string of the molecule is Cc1ccc(Br)c(-c2ocnc2CNC(C)C)c1. The molecule has 0 saturated carbocycles. The van der Waals surface area contributed by atoms with Crippen molar-refractivity contribution in [1.29, 1.82) is 0 Å². The van der Waals surface area contributed by atoms with Crippen molar-refractivity contribution in [3.8, 4) is 11.3 Å². The number of nitrogens with one attached hydrogen (secondary N) is 1. The lowest BCUT2D eigenvalue weighted by Gasteiger charge is -2.08. The quantitative estimate of drug-likeness (QED) is 0.930. The second kappa shape index (κ2) is 5.67. The number of hydrogen-bond donors (Lipinski definition) is 1. The lowest BCUT2D eigenvalue weighted by atomic mass is 10.1. The molecule has 0 radical (unpaired) electrons. The number of halogens is 1. The number of hydrogen-bond acceptors (Lipinski definition) is 3. The molecule has 0 aliphatic rings. The molecule has 0 saturated heterocycles. The van der Waals surface area contributed by atoms with E-state index in [4.69, 9.17) is 4.42 Å². The molecule has 0 bridgehead atoms. The maximum absolute atomic E-state index is 5.54. The highest BCUT2D eigenvalue weighted by molar-refractivity contribution is 9.10. The van der Waals surface area contributed by atoms with E-state index >= 15 is 0 Å². The van der Waals surface area contributed by atoms with Crippen LogP contribution in [0.2, 0.25) is 0 Å². The fourth-order valence-corrected chi connectivity index (χ4v) is 2.15. The Morgan fingerprint density at radius 1 is 1.39 bits per heavy atom. The minimum atomic E-state index is 0.426. The summed E-state index contributed by atoms with van der Waals surface area (Å²) in [5.74, 6) is 0.832. The van der Waals surface area contributed by atoms with Gasteiger partial charge in [0, 0.05) is 22.6 Å². The Bertz CT molecular complexity index is 534. The van der Waals surface area contributed by atoms with Crippen molar-refractivity contribution >= 4 is 15.9 Å². The zero-order valence-electron chi connectivity index (χ0n) is 10.8. The summed E-state index contributed by atoms with van der Waals surface area (Å²) in [4.78, 5) is 4.29. The van der Waals surface area contributed by atoms with E-state index in [9.17, 15) is 0 Å². The molecule has 1 aromatic heterocycles. The maximum Gasteiger partial charge on any atom is 0.181 e. The molecule has 0 atom stereocenters. The van der Waals surface area contributed by atoms with Crippen molar-refractivity contribution in [3.63, 3.8) is 0 Å². The highest BCUT2D eigenvalue weighted by Gasteiger charge is 2.13. The van der Waals surface area contributed by atoms with Crippen molar-refractivity contribution in [2.75, 3.05) is 0 Å². The summed E-state index contributed by atoms with van der Waals surface area (Å²) in [6.45, 7) is 7.01. The van der Waals surface area contributed by atoms with Crippen LogP contribution in [0, 0.1) is 6.92 Å². The van der Waals surface area contributed by atoms with E-state index in [1.54, 1.807) is 0 Å². The second-order valence-electron chi connectivity index (χ2n) is 4.65. The largest absolute Gasteiger partial charge is 0.443 e. The molecule has 0 amide bonds. The first-order chi connectivity index (χ1) is 8.58. The first-order valence-electron chi connectivity index (χ1n) is 6.00. The van der Waals surface area contributed by atoms with Gasteiger partial charge in [-0.05, 0) is 19.1 Å². The zero-order valence-corrected chi connectivity index (χ0v) is 12.4. The summed E-state index contributed by atoms with van der Waals surface area (Å²) < 4.78 is 6.56. The van der Waals surface area contributed by atoms with Crippen LogP contribution < -0.4 is 5.32 Å². The third kappa shape index (κ3) is 3.00. The Balaban J connectivity index is 2.33. The van der Waals surface area contributed by atoms with Gasteiger partial charge in [-0.2, -0.15) is 0 Å². The van der Waals surface area contributed by atoms with Gasteiger partial charge in [0.1, 0.15) is 5.69 Å². The van der Waals surface area contributed by atoms with Gasteiger partial charge in [-0.15, -0.1) is 0 Å². The molecule has 2 rings (SSSR count). The van der Waals surface area contributed by atoms with Gasteiger partial charge in [-0.25, -0.2) is 4.98 Å². The topological polar surface area (TPSA) is 38.1 Å². The minimum Gasteiger partial charge on any atom is -0.443 e. The fourth-order valence-electron chi connectivity index (χ4n) is 1.73. The molecular weight excluding hydrogens is 292 g/mol. The van der Waals surface area contributed by atoms with E-state index in [1.165, 1.54) is 12.0 Å². The highest BCUT2D eigenvalue weighted by atomic mass is 79.9. The average molecular weight is 309 g/mol. The number of aryl methyl sites for hydroxylation is 1. The van der Waals surface area contributed by atoms with Crippen LogP contribution in [0.5, 0.6) is 0 Å². The highest BCUT2D eigenvalue weighted by Crippen LogP contribution is 2.31. The molecule has 0 fully saturated rings. The lowest BCUT2D eigenvalue weighted by Crippen LogP contribution is -2.22. The molecule has 3 nitrogen and oxygen atoms in total. The summed E-state index contributed by atoms with van der Waals surface area (Å²) in [6.07, 6.45) is 1.50. The first kappa shape index (κ1) is 13.3. The van der Waals surface area contributed by atoms with Crippen LogP contribution in [0.15, 0.2) is 33.5 Å². The van der Waals surface area contributed by atoms with Crippen LogP contribution in [0.25, 0.3) is 11.3 Å². The Kier molecular flexibility index (Phi) is 4.19. The summed E-state index contributed by atoms with van der Waals surface area (Å²) in [6, 6.07) is 6.63. The number of nitrogens with zero attached hydrogens (tertiary/aromatic N) is 1. The Hall–Kier alpha value is -1.13. The van der Waals surface area contributed by atoms with E-state index in [2.05, 4.69) is 59.1 Å². The van der Waals surface area contributed by atoms with E-state index in [1.807, 2.05) is 6.07 Å². The van der Waals surface area contributed by atoms with E-state index < -0.39 is 0 Å². The van der Waals surface area contributed by atoms with Gasteiger partial charge in [0.2, 0.25) is 0 Å². The van der Waals surface area contributed by atoms with Crippen LogP contribution in [-0.2, 0) is 6.54 Å². The smallest absolute Gasteiger partial charge is 0.181 e. The Morgan fingerprint density at radius 2 is 2.17 bits per heavy atom. The van der Waals surface area contributed by atoms with Gasteiger partial charge in [-0.3, -0.25) is 0 Å². The predicted molar refractivity (Wildman–Crippen MR) is 76.4 cm³/mol. The molecule has 1 N–H and O–H groups in total. The molecule has 1 aromatic carbocycles. The molecule has 0 aliphatic carbocycles. The summed E-state index contributed by atoms with van der Waals surface area (Å²) >= 11 is 3.56. The predicted octanol–water partition coefficient (Wildman–Crippen LogP) is 3.91. The van der Waals surface area contributed by atoms with Gasteiger partial charge in [0.15, 0.2) is 12.2 Å². The van der Waals surface area contributed by atoms with Gasteiger partial charge in [0.25, 0.3) is 0 Å². The fraction of sp³-hybridized carbons (Fsp3) is 0.357. The molecule has 18 heavy (non-hydrogen) atoms. The van der Waals surface area contributed by atoms with E-state index in [0.29, 0.717) is 12.6 Å². The Labute approximate surface area is 116 Å². The number of rotatable bonds is 4. The monoisotopic (exact) mass is 308 g/mol. The number of aromatic nitrogens is 1. The summed E-state index contributed by atoms with van der Waals surface area (Å²) in [5.41, 5.74) is 3.19. The van der Waals surface area contributed by atoms with Crippen molar-refractivity contribution in [3.05, 3.63) is 40.3 Å². The van der Waals surface area contributed by atoms with E-state index in [0.717, 1.165) is 21.5 Å². The molecule has 0 aliphatic heterocycles. The Morgan fingerprint density at radius 3 is 2.89 bits per heavy atom. The van der Waals surface area contributed by atoms with E-state index in [-0.39, 0.29) is 0 Å². The summed E-state index contributed by atoms with van der Waals surface area (Å²) in [7, 11) is 0. The molecule has 2 aromatic rings. The molecular formula is C14H17BrN2O. The maximum atomic E-state index is 5.54. The van der Waals surface area contributed by atoms with Crippen molar-refractivity contribution < 1.29 is 4.42 Å². The van der Waals surface area contributed by atoms with Crippen molar-refractivity contribution in [2.45, 2.75) is 33.4 Å². The second-order valence-corrected chi connectivity index (χ2v) is 5.50. The van der Waals surface area contributed by atoms with Crippen molar-refractivity contribution in [2.24, 2.45) is 0 Å². The number of oxazole rings is 1. The molecule has 96 valence electrons. The third-order valence-corrected chi connectivity index (χ3v) is 3.38. The molecule has 0 unspecified atom stereocenters. The third-order valence-electron chi connectivity index (χ3n) is 2.69. The lowest BCUT2D eigenvalue weighted by molar-refractivity contribution is 0.562. The summed E-state index contributed by atoms with van der Waals surface area (Å²) in [5, 5.41) is 3.35. The first-order valence-corrected chi connectivity index (χ1v) is 6.79. The standard InChI is InChI=1S/C14H17BrN2O/c1-9(2)16-7-13-14(18-8-17-13)11-6-10(3)4-5-12(11)15/h4-6,8-9,16H,7H2,1-3H3. The van der Waals surface area contributed by atoms with Crippen LogP contribution in [-0.4, -0.2) is 11.0 Å². The zero-order chi connectivity index (χ0) is 13.1. The van der Waals surface area contributed by atoms with Gasteiger partial charge in [0.05, 0.1) is 0 Å². The molecule has 1 heterocycles. The molecule has 0 spiro atoms.